The lowest BCUT2D eigenvalue weighted by molar-refractivity contribution is 0.0948. The van der Waals surface area contributed by atoms with Crippen molar-refractivity contribution in [3.63, 3.8) is 0 Å². The molecule has 0 aliphatic carbocycles. The molecule has 0 fully saturated rings. The van der Waals surface area contributed by atoms with Crippen LogP contribution in [0, 0.1) is 0 Å². The number of hydrogen-bond donors (Lipinski definition) is 2. The van der Waals surface area contributed by atoms with Crippen molar-refractivity contribution in [2.24, 2.45) is 5.84 Å². The minimum atomic E-state index is -0.423. The predicted molar refractivity (Wildman–Crippen MR) is 76.8 cm³/mol. The lowest BCUT2D eigenvalue weighted by Crippen LogP contribution is -2.32. The number of nitrogens with one attached hydrogen (secondary N) is 1. The Morgan fingerprint density at radius 2 is 2.42 bits per heavy atom. The Balaban J connectivity index is 2.39. The van der Waals surface area contributed by atoms with Gasteiger partial charge in [0.15, 0.2) is 5.69 Å². The van der Waals surface area contributed by atoms with Gasteiger partial charge in [0.05, 0.1) is 12.7 Å². The maximum Gasteiger partial charge on any atom is 0.287 e. The summed E-state index contributed by atoms with van der Waals surface area (Å²) in [5.41, 5.74) is 2.27. The second-order valence-corrected chi connectivity index (χ2v) is 5.44. The molecule has 1 aromatic rings. The van der Waals surface area contributed by atoms with Crippen LogP contribution in [0.15, 0.2) is 6.20 Å². The Bertz CT molecular complexity index is 396. The summed E-state index contributed by atoms with van der Waals surface area (Å²) in [6.45, 7) is 3.78. The molecule has 1 rings (SSSR count). The van der Waals surface area contributed by atoms with Gasteiger partial charge in [0.1, 0.15) is 0 Å². The quantitative estimate of drug-likeness (QED) is 0.396. The van der Waals surface area contributed by atoms with Crippen LogP contribution in [-0.2, 0) is 6.54 Å². The van der Waals surface area contributed by atoms with Crippen molar-refractivity contribution in [2.45, 2.75) is 25.9 Å². The highest BCUT2D eigenvalue weighted by Gasteiger charge is 2.11. The molecular formula is C11H22N6OS. The number of likely N-dealkylation sites (N-methyl/N-ethyl adjacent to an activating group) is 1. The van der Waals surface area contributed by atoms with E-state index in [1.807, 2.05) is 17.2 Å². The first-order valence-corrected chi connectivity index (χ1v) is 7.58. The number of hydrogen-bond acceptors (Lipinski definition) is 6. The second-order valence-electron chi connectivity index (χ2n) is 4.45. The molecule has 8 heteroatoms. The van der Waals surface area contributed by atoms with Crippen LogP contribution in [0.1, 0.15) is 23.8 Å². The topological polar surface area (TPSA) is 89.1 Å². The Hall–Kier alpha value is -1.12. The summed E-state index contributed by atoms with van der Waals surface area (Å²) in [4.78, 5) is 13.5. The fraction of sp³-hybridized carbons (Fsp3) is 0.727. The van der Waals surface area contributed by atoms with Crippen molar-refractivity contribution < 1.29 is 4.79 Å². The van der Waals surface area contributed by atoms with E-state index in [1.54, 1.807) is 10.9 Å². The van der Waals surface area contributed by atoms with Gasteiger partial charge in [-0.15, -0.1) is 5.10 Å². The number of carbonyl (C=O) groups is 1. The van der Waals surface area contributed by atoms with Crippen LogP contribution in [0.5, 0.6) is 0 Å². The molecule has 1 aromatic heterocycles. The molecule has 7 nitrogen and oxygen atoms in total. The molecule has 0 saturated heterocycles. The van der Waals surface area contributed by atoms with Gasteiger partial charge in [-0.2, -0.15) is 11.8 Å². The van der Waals surface area contributed by atoms with Crippen molar-refractivity contribution in [1.29, 1.82) is 0 Å². The largest absolute Gasteiger partial charge is 0.302 e. The summed E-state index contributed by atoms with van der Waals surface area (Å²) in [5.74, 6) is 5.77. The predicted octanol–water partition coefficient (Wildman–Crippen LogP) is -0.0450. The zero-order valence-electron chi connectivity index (χ0n) is 11.7. The SMILES string of the molecule is CSCCC(C)N(C)CCn1cc(C(=O)NN)nn1. The highest BCUT2D eigenvalue weighted by atomic mass is 32.2. The van der Waals surface area contributed by atoms with E-state index in [9.17, 15) is 4.79 Å². The second kappa shape index (κ2) is 8.13. The van der Waals surface area contributed by atoms with Crippen molar-refractivity contribution in [2.75, 3.05) is 25.6 Å². The number of aromatic nitrogens is 3. The van der Waals surface area contributed by atoms with Gasteiger partial charge >= 0.3 is 0 Å². The van der Waals surface area contributed by atoms with E-state index >= 15 is 0 Å². The average Bonchev–Trinajstić information content (AvgIpc) is 2.89. The molecular weight excluding hydrogens is 264 g/mol. The van der Waals surface area contributed by atoms with E-state index < -0.39 is 5.91 Å². The van der Waals surface area contributed by atoms with E-state index in [0.29, 0.717) is 12.6 Å². The summed E-state index contributed by atoms with van der Waals surface area (Å²) in [5, 5.41) is 7.66. The number of rotatable bonds is 8. The van der Waals surface area contributed by atoms with E-state index in [0.717, 1.165) is 18.7 Å². The van der Waals surface area contributed by atoms with Crippen LogP contribution in [0.2, 0.25) is 0 Å². The zero-order chi connectivity index (χ0) is 14.3. The molecule has 0 aliphatic rings. The lowest BCUT2D eigenvalue weighted by atomic mass is 10.2. The molecule has 1 amide bonds. The van der Waals surface area contributed by atoms with E-state index in [4.69, 9.17) is 5.84 Å². The molecule has 0 bridgehead atoms. The third kappa shape index (κ3) is 5.17. The van der Waals surface area contributed by atoms with E-state index in [1.165, 1.54) is 0 Å². The minimum absolute atomic E-state index is 0.237. The van der Waals surface area contributed by atoms with E-state index in [-0.39, 0.29) is 5.69 Å². The lowest BCUT2D eigenvalue weighted by Gasteiger charge is -2.24. The number of hydrazine groups is 1. The van der Waals surface area contributed by atoms with Gasteiger partial charge in [-0.05, 0) is 32.4 Å². The van der Waals surface area contributed by atoms with Gasteiger partial charge in [-0.25, -0.2) is 5.84 Å². The Kier molecular flexibility index (Phi) is 6.82. The molecule has 3 N–H and O–H groups in total. The first-order valence-electron chi connectivity index (χ1n) is 6.18. The summed E-state index contributed by atoms with van der Waals surface area (Å²) in [7, 11) is 2.09. The van der Waals surface area contributed by atoms with E-state index in [2.05, 4.69) is 35.4 Å². The molecule has 1 atom stereocenters. The molecule has 0 spiro atoms. The van der Waals surface area contributed by atoms with Crippen LogP contribution >= 0.6 is 11.8 Å². The number of carbonyl (C=O) groups excluding carboxylic acids is 1. The summed E-state index contributed by atoms with van der Waals surface area (Å²) >= 11 is 1.86. The first kappa shape index (κ1) is 15.9. The Morgan fingerprint density at radius 3 is 3.05 bits per heavy atom. The highest BCUT2D eigenvalue weighted by molar-refractivity contribution is 7.98. The van der Waals surface area contributed by atoms with Gasteiger partial charge in [0.2, 0.25) is 0 Å². The molecule has 19 heavy (non-hydrogen) atoms. The summed E-state index contributed by atoms with van der Waals surface area (Å²) in [6.07, 6.45) is 4.88. The average molecular weight is 286 g/mol. The third-order valence-electron chi connectivity index (χ3n) is 3.08. The fourth-order valence-electron chi connectivity index (χ4n) is 1.58. The van der Waals surface area contributed by atoms with Crippen molar-refractivity contribution in [3.05, 3.63) is 11.9 Å². The Morgan fingerprint density at radius 1 is 1.68 bits per heavy atom. The van der Waals surface area contributed by atoms with Crippen LogP contribution in [-0.4, -0.2) is 57.4 Å². The number of nitrogen functional groups attached to an aromatic ring is 1. The van der Waals surface area contributed by atoms with Crippen LogP contribution in [0.3, 0.4) is 0 Å². The maximum absolute atomic E-state index is 11.2. The van der Waals surface area contributed by atoms with Gasteiger partial charge in [0.25, 0.3) is 5.91 Å². The van der Waals surface area contributed by atoms with Crippen LogP contribution < -0.4 is 11.3 Å². The Labute approximate surface area is 117 Å². The number of nitrogens with two attached hydrogens (primary N) is 1. The van der Waals surface area contributed by atoms with Crippen molar-refractivity contribution >= 4 is 17.7 Å². The van der Waals surface area contributed by atoms with Crippen molar-refractivity contribution in [1.82, 2.24) is 25.3 Å². The third-order valence-corrected chi connectivity index (χ3v) is 3.72. The summed E-state index contributed by atoms with van der Waals surface area (Å²) in [6, 6.07) is 0.530. The maximum atomic E-state index is 11.2. The van der Waals surface area contributed by atoms with Gasteiger partial charge in [-0.3, -0.25) is 14.9 Å². The molecule has 0 saturated carbocycles. The molecule has 108 valence electrons. The van der Waals surface area contributed by atoms with Gasteiger partial charge in [-0.1, -0.05) is 5.21 Å². The van der Waals surface area contributed by atoms with Crippen LogP contribution in [0.25, 0.3) is 0 Å². The highest BCUT2D eigenvalue weighted by Crippen LogP contribution is 2.06. The van der Waals surface area contributed by atoms with Crippen molar-refractivity contribution in [3.8, 4) is 0 Å². The molecule has 1 heterocycles. The molecule has 1 unspecified atom stereocenters. The number of thioether (sulfide) groups is 1. The number of nitrogens with zero attached hydrogens (tertiary/aromatic N) is 4. The van der Waals surface area contributed by atoms with Gasteiger partial charge < -0.3 is 4.90 Å². The smallest absolute Gasteiger partial charge is 0.287 e. The fourth-order valence-corrected chi connectivity index (χ4v) is 2.15. The number of amides is 1. The summed E-state index contributed by atoms with van der Waals surface area (Å²) < 4.78 is 1.66. The van der Waals surface area contributed by atoms with Crippen LogP contribution in [0.4, 0.5) is 0 Å². The minimum Gasteiger partial charge on any atom is -0.302 e. The molecule has 0 radical (unpaired) electrons. The molecule has 0 aliphatic heterocycles. The molecule has 0 aromatic carbocycles. The van der Waals surface area contributed by atoms with Gasteiger partial charge in [0, 0.05) is 12.6 Å². The first-order chi connectivity index (χ1) is 9.08. The normalized spacial score (nSPS) is 12.7. The standard InChI is InChI=1S/C11H22N6OS/c1-9(4-7-19-3)16(2)5-6-17-8-10(14-15-17)11(18)13-12/h8-9H,4-7,12H2,1-3H3,(H,13,18). The zero-order valence-corrected chi connectivity index (χ0v) is 12.5. The monoisotopic (exact) mass is 286 g/mol.